The minimum Gasteiger partial charge on any atom is -0.391 e. The molecule has 0 unspecified atom stereocenters. The van der Waals surface area contributed by atoms with Crippen molar-refractivity contribution in [2.24, 2.45) is 0 Å². The van der Waals surface area contributed by atoms with Crippen molar-refractivity contribution in [3.05, 3.63) is 18.5 Å². The maximum atomic E-state index is 12.1. The smallest absolute Gasteiger partial charge is 0.234 e. The molecule has 1 amide bonds. The van der Waals surface area contributed by atoms with Gasteiger partial charge in [-0.05, 0) is 12.5 Å². The Morgan fingerprint density at radius 2 is 2.04 bits per heavy atom. The highest BCUT2D eigenvalue weighted by Crippen LogP contribution is 2.10. The highest BCUT2D eigenvalue weighted by Gasteiger charge is 2.26. The number of piperazine rings is 1. The molecule has 23 heavy (non-hydrogen) atoms. The summed E-state index contributed by atoms with van der Waals surface area (Å²) in [4.78, 5) is 24.8. The summed E-state index contributed by atoms with van der Waals surface area (Å²) in [5.41, 5.74) is 0. The fraction of sp³-hybridized carbons (Fsp3) is 0.667. The first-order valence-electron chi connectivity index (χ1n) is 8.02. The number of aliphatic hydroxyl groups is 1. The predicted octanol–water partition coefficient (Wildman–Crippen LogP) is -1.14. The van der Waals surface area contributed by atoms with E-state index < -0.39 is 6.10 Å². The average Bonchev–Trinajstić information content (AvgIpc) is 2.58. The van der Waals surface area contributed by atoms with E-state index in [0.29, 0.717) is 26.2 Å². The van der Waals surface area contributed by atoms with Gasteiger partial charge in [-0.2, -0.15) is 0 Å². The Kier molecular flexibility index (Phi) is 5.37. The van der Waals surface area contributed by atoms with Gasteiger partial charge in [0.15, 0.2) is 0 Å². The zero-order valence-corrected chi connectivity index (χ0v) is 13.1. The summed E-state index contributed by atoms with van der Waals surface area (Å²) >= 11 is 0. The summed E-state index contributed by atoms with van der Waals surface area (Å²) in [5, 5.41) is 12.7. The molecule has 2 N–H and O–H groups in total. The fourth-order valence-electron chi connectivity index (χ4n) is 2.88. The highest BCUT2D eigenvalue weighted by molar-refractivity contribution is 5.78. The number of aliphatic hydroxyl groups excluding tert-OH is 1. The Labute approximate surface area is 135 Å². The van der Waals surface area contributed by atoms with Gasteiger partial charge < -0.3 is 20.1 Å². The number of nitrogens with zero attached hydrogens (tertiary/aromatic N) is 4. The second-order valence-corrected chi connectivity index (χ2v) is 5.92. The van der Waals surface area contributed by atoms with Crippen molar-refractivity contribution >= 4 is 11.9 Å². The van der Waals surface area contributed by atoms with Crippen molar-refractivity contribution in [1.82, 2.24) is 20.2 Å². The van der Waals surface area contributed by atoms with Crippen molar-refractivity contribution in [3.8, 4) is 0 Å². The molecule has 1 aromatic rings. The molecule has 126 valence electrons. The summed E-state index contributed by atoms with van der Waals surface area (Å²) in [6.07, 6.45) is 3.53. The van der Waals surface area contributed by atoms with Crippen LogP contribution in [0.3, 0.4) is 0 Å². The number of rotatable bonds is 4. The van der Waals surface area contributed by atoms with Crippen molar-refractivity contribution in [3.63, 3.8) is 0 Å². The summed E-state index contributed by atoms with van der Waals surface area (Å²) in [5.74, 6) is 0.669. The van der Waals surface area contributed by atoms with Crippen molar-refractivity contribution in [1.29, 1.82) is 0 Å². The van der Waals surface area contributed by atoms with E-state index in [2.05, 4.69) is 25.1 Å². The van der Waals surface area contributed by atoms with Gasteiger partial charge in [-0.25, -0.2) is 9.97 Å². The molecule has 2 saturated heterocycles. The number of carbonyl (C=O) groups is 1. The summed E-state index contributed by atoms with van der Waals surface area (Å²) < 4.78 is 5.30. The number of aromatic nitrogens is 2. The van der Waals surface area contributed by atoms with E-state index in [1.54, 1.807) is 18.5 Å². The minimum absolute atomic E-state index is 0.0658. The number of nitrogens with one attached hydrogen (secondary N) is 1. The first kappa shape index (κ1) is 16.1. The molecule has 2 atom stereocenters. The number of carbonyl (C=O) groups excluding carboxylic acids is 1. The van der Waals surface area contributed by atoms with Crippen LogP contribution >= 0.6 is 0 Å². The molecule has 8 nitrogen and oxygen atoms in total. The van der Waals surface area contributed by atoms with Gasteiger partial charge in [0.25, 0.3) is 0 Å². The SMILES string of the molecule is O=C(CN1CCN(c2ncccn2)CC1)N[C@@H]1COCC[C@H]1O. The van der Waals surface area contributed by atoms with Gasteiger partial charge in [-0.15, -0.1) is 0 Å². The first-order valence-corrected chi connectivity index (χ1v) is 8.02. The Hall–Kier alpha value is -1.77. The van der Waals surface area contributed by atoms with E-state index in [0.717, 1.165) is 32.1 Å². The van der Waals surface area contributed by atoms with E-state index in [1.807, 2.05) is 0 Å². The lowest BCUT2D eigenvalue weighted by Crippen LogP contribution is -2.54. The van der Waals surface area contributed by atoms with Gasteiger partial charge in [0.2, 0.25) is 11.9 Å². The van der Waals surface area contributed by atoms with Gasteiger partial charge >= 0.3 is 0 Å². The van der Waals surface area contributed by atoms with E-state index in [1.165, 1.54) is 0 Å². The normalized spacial score (nSPS) is 26.0. The topological polar surface area (TPSA) is 90.8 Å². The van der Waals surface area contributed by atoms with Gasteiger partial charge in [-0.3, -0.25) is 9.69 Å². The number of ether oxygens (including phenoxy) is 1. The number of anilines is 1. The molecule has 0 radical (unpaired) electrons. The number of hydrogen-bond acceptors (Lipinski definition) is 7. The van der Waals surface area contributed by atoms with Crippen molar-refractivity contribution < 1.29 is 14.6 Å². The molecule has 0 aromatic carbocycles. The lowest BCUT2D eigenvalue weighted by molar-refractivity contribution is -0.125. The van der Waals surface area contributed by atoms with Gasteiger partial charge in [0, 0.05) is 45.2 Å². The maximum Gasteiger partial charge on any atom is 0.234 e. The second kappa shape index (κ2) is 7.67. The van der Waals surface area contributed by atoms with Crippen LogP contribution in [0.5, 0.6) is 0 Å². The lowest BCUT2D eigenvalue weighted by Gasteiger charge is -2.35. The van der Waals surface area contributed by atoms with E-state index in [9.17, 15) is 9.90 Å². The van der Waals surface area contributed by atoms with Crippen LogP contribution in [0.15, 0.2) is 18.5 Å². The Bertz CT molecular complexity index is 507. The summed E-state index contributed by atoms with van der Waals surface area (Å²) in [7, 11) is 0. The average molecular weight is 321 g/mol. The molecule has 2 aliphatic heterocycles. The van der Waals surface area contributed by atoms with Crippen LogP contribution in [0.2, 0.25) is 0 Å². The monoisotopic (exact) mass is 321 g/mol. The number of hydrogen-bond donors (Lipinski definition) is 2. The second-order valence-electron chi connectivity index (χ2n) is 5.92. The van der Waals surface area contributed by atoms with E-state index in [-0.39, 0.29) is 11.9 Å². The van der Waals surface area contributed by atoms with Gasteiger partial charge in [-0.1, -0.05) is 0 Å². The Morgan fingerprint density at radius 3 is 2.74 bits per heavy atom. The van der Waals surface area contributed by atoms with Gasteiger partial charge in [0.05, 0.1) is 25.3 Å². The first-order chi connectivity index (χ1) is 11.2. The molecule has 3 heterocycles. The van der Waals surface area contributed by atoms with Crippen LogP contribution in [0.25, 0.3) is 0 Å². The zero-order valence-electron chi connectivity index (χ0n) is 13.1. The predicted molar refractivity (Wildman–Crippen MR) is 84.1 cm³/mol. The minimum atomic E-state index is -0.514. The van der Waals surface area contributed by atoms with Crippen molar-refractivity contribution in [2.75, 3.05) is 50.8 Å². The molecule has 0 spiro atoms. The van der Waals surface area contributed by atoms with Crippen LogP contribution < -0.4 is 10.2 Å². The van der Waals surface area contributed by atoms with Crippen LogP contribution in [0.1, 0.15) is 6.42 Å². The molecule has 0 saturated carbocycles. The molecular weight excluding hydrogens is 298 g/mol. The standard InChI is InChI=1S/C15H23N5O3/c21-13-2-9-23-11-12(13)18-14(22)10-19-5-7-20(8-6-19)15-16-3-1-4-17-15/h1,3-4,12-13,21H,2,5-11H2,(H,18,22)/t12-,13-/m1/s1. The van der Waals surface area contributed by atoms with E-state index >= 15 is 0 Å². The van der Waals surface area contributed by atoms with Crippen LogP contribution in [-0.4, -0.2) is 84.0 Å². The van der Waals surface area contributed by atoms with E-state index in [4.69, 9.17) is 4.74 Å². The Balaban J connectivity index is 1.42. The molecule has 0 bridgehead atoms. The lowest BCUT2D eigenvalue weighted by atomic mass is 10.1. The molecule has 8 heteroatoms. The van der Waals surface area contributed by atoms with Gasteiger partial charge in [0.1, 0.15) is 0 Å². The zero-order chi connectivity index (χ0) is 16.1. The highest BCUT2D eigenvalue weighted by atomic mass is 16.5. The fourth-order valence-corrected chi connectivity index (χ4v) is 2.88. The molecule has 3 rings (SSSR count). The molecule has 0 aliphatic carbocycles. The maximum absolute atomic E-state index is 12.1. The third-order valence-electron chi connectivity index (χ3n) is 4.24. The third kappa shape index (κ3) is 4.37. The van der Waals surface area contributed by atoms with Crippen LogP contribution in [0, 0.1) is 0 Å². The van der Waals surface area contributed by atoms with Crippen molar-refractivity contribution in [2.45, 2.75) is 18.6 Å². The largest absolute Gasteiger partial charge is 0.391 e. The van der Waals surface area contributed by atoms with Crippen LogP contribution in [0.4, 0.5) is 5.95 Å². The summed E-state index contributed by atoms with van der Waals surface area (Å²) in [6, 6.07) is 1.50. The Morgan fingerprint density at radius 1 is 1.30 bits per heavy atom. The quantitative estimate of drug-likeness (QED) is 0.725. The summed E-state index contributed by atoms with van der Waals surface area (Å²) in [6.45, 7) is 4.44. The molecule has 2 fully saturated rings. The third-order valence-corrected chi connectivity index (χ3v) is 4.24. The molecular formula is C15H23N5O3. The molecule has 2 aliphatic rings. The number of amides is 1. The molecule has 1 aromatic heterocycles. The van der Waals surface area contributed by atoms with Crippen LogP contribution in [-0.2, 0) is 9.53 Å².